The van der Waals surface area contributed by atoms with Crippen LogP contribution in [0.2, 0.25) is 0 Å². The maximum absolute atomic E-state index is 12.0. The van der Waals surface area contributed by atoms with Crippen molar-refractivity contribution in [3.05, 3.63) is 35.5 Å². The van der Waals surface area contributed by atoms with Gasteiger partial charge >= 0.3 is 12.0 Å². The maximum atomic E-state index is 12.0. The molecular formula is C16H21N3O4. The largest absolute Gasteiger partial charge is 0.495 e. The average Bonchev–Trinajstić information content (AvgIpc) is 2.55. The molecule has 0 aromatic heterocycles. The number of hydrogen-bond donors (Lipinski definition) is 2. The number of nitrogens with one attached hydrogen (secondary N) is 2. The fourth-order valence-electron chi connectivity index (χ4n) is 2.35. The second-order valence-electron chi connectivity index (χ2n) is 5.01. The van der Waals surface area contributed by atoms with Crippen molar-refractivity contribution in [2.24, 2.45) is 0 Å². The van der Waals surface area contributed by atoms with Gasteiger partial charge in [-0.15, -0.1) is 0 Å². The summed E-state index contributed by atoms with van der Waals surface area (Å²) in [7, 11) is 3.46. The number of urea groups is 1. The molecule has 1 heterocycles. The normalized spacial score (nSPS) is 14.0. The van der Waals surface area contributed by atoms with Crippen LogP contribution in [-0.2, 0) is 9.53 Å². The van der Waals surface area contributed by atoms with Gasteiger partial charge in [-0.3, -0.25) is 0 Å². The van der Waals surface area contributed by atoms with Gasteiger partial charge in [-0.25, -0.2) is 9.59 Å². The first kappa shape index (κ1) is 16.7. The number of methoxy groups -OCH3 is 1. The van der Waals surface area contributed by atoms with Gasteiger partial charge in [0.1, 0.15) is 5.75 Å². The highest BCUT2D eigenvalue weighted by Gasteiger charge is 2.24. The summed E-state index contributed by atoms with van der Waals surface area (Å²) in [5.74, 6) is 0.289. The Morgan fingerprint density at radius 3 is 2.78 bits per heavy atom. The van der Waals surface area contributed by atoms with Crippen molar-refractivity contribution in [3.8, 4) is 5.75 Å². The van der Waals surface area contributed by atoms with Gasteiger partial charge in [0.2, 0.25) is 0 Å². The molecule has 0 radical (unpaired) electrons. The first-order valence-corrected chi connectivity index (χ1v) is 7.35. The molecule has 7 nitrogen and oxygen atoms in total. The van der Waals surface area contributed by atoms with E-state index in [2.05, 4.69) is 10.6 Å². The quantitative estimate of drug-likeness (QED) is 0.772. The molecule has 2 rings (SSSR count). The first-order valence-electron chi connectivity index (χ1n) is 7.35. The highest BCUT2D eigenvalue weighted by molar-refractivity contribution is 5.93. The first-order chi connectivity index (χ1) is 11.1. The molecule has 1 aliphatic rings. The number of anilines is 1. The molecule has 0 aliphatic carbocycles. The maximum Gasteiger partial charge on any atom is 0.337 e. The standard InChI is InChI=1S/C16H21N3O4/c1-4-23-15(20)11-9-17-16(21)18-12(11)10-19(2)13-7-5-6-8-14(13)22-3/h5-8H,4,9-10H2,1-3H3,(H2,17,18,21). The van der Waals surface area contributed by atoms with Crippen molar-refractivity contribution in [2.75, 3.05) is 38.8 Å². The number of esters is 1. The van der Waals surface area contributed by atoms with E-state index in [4.69, 9.17) is 9.47 Å². The second kappa shape index (κ2) is 7.53. The molecule has 0 bridgehead atoms. The molecule has 1 aromatic carbocycles. The highest BCUT2D eigenvalue weighted by atomic mass is 16.5. The number of nitrogens with zero attached hydrogens (tertiary/aromatic N) is 1. The number of carbonyl (C=O) groups excluding carboxylic acids is 2. The summed E-state index contributed by atoms with van der Waals surface area (Å²) in [4.78, 5) is 25.5. The fraction of sp³-hybridized carbons (Fsp3) is 0.375. The molecule has 7 heteroatoms. The molecule has 2 amide bonds. The lowest BCUT2D eigenvalue weighted by molar-refractivity contribution is -0.138. The molecule has 0 saturated carbocycles. The van der Waals surface area contributed by atoms with Crippen LogP contribution in [-0.4, -0.2) is 45.9 Å². The molecule has 0 atom stereocenters. The van der Waals surface area contributed by atoms with E-state index >= 15 is 0 Å². The van der Waals surface area contributed by atoms with Crippen molar-refractivity contribution >= 4 is 17.7 Å². The van der Waals surface area contributed by atoms with Crippen LogP contribution in [0, 0.1) is 0 Å². The Morgan fingerprint density at radius 2 is 2.09 bits per heavy atom. The third kappa shape index (κ3) is 3.94. The second-order valence-corrected chi connectivity index (χ2v) is 5.01. The van der Waals surface area contributed by atoms with E-state index in [1.807, 2.05) is 36.2 Å². The zero-order chi connectivity index (χ0) is 16.8. The van der Waals surface area contributed by atoms with Crippen molar-refractivity contribution in [1.82, 2.24) is 10.6 Å². The molecule has 0 fully saturated rings. The number of benzene rings is 1. The van der Waals surface area contributed by atoms with Crippen molar-refractivity contribution < 1.29 is 19.1 Å². The SMILES string of the molecule is CCOC(=O)C1=C(CN(C)c2ccccc2OC)NC(=O)NC1. The van der Waals surface area contributed by atoms with Gasteiger partial charge in [-0.1, -0.05) is 12.1 Å². The predicted molar refractivity (Wildman–Crippen MR) is 86.5 cm³/mol. The summed E-state index contributed by atoms with van der Waals surface area (Å²) >= 11 is 0. The minimum atomic E-state index is -0.427. The van der Waals surface area contributed by atoms with Crippen LogP contribution in [0.3, 0.4) is 0 Å². The zero-order valence-electron chi connectivity index (χ0n) is 13.5. The van der Waals surface area contributed by atoms with Crippen molar-refractivity contribution in [2.45, 2.75) is 6.92 Å². The van der Waals surface area contributed by atoms with Crippen LogP contribution >= 0.6 is 0 Å². The summed E-state index contributed by atoms with van der Waals surface area (Å²) in [5, 5.41) is 5.28. The summed E-state index contributed by atoms with van der Waals surface area (Å²) < 4.78 is 10.4. The van der Waals surface area contributed by atoms with E-state index in [0.29, 0.717) is 23.6 Å². The smallest absolute Gasteiger partial charge is 0.337 e. The number of ether oxygens (including phenoxy) is 2. The summed E-state index contributed by atoms with van der Waals surface area (Å²) in [5.41, 5.74) is 1.81. The number of carbonyl (C=O) groups is 2. The van der Waals surface area contributed by atoms with E-state index in [9.17, 15) is 9.59 Å². The van der Waals surface area contributed by atoms with Gasteiger partial charge < -0.3 is 25.0 Å². The predicted octanol–water partition coefficient (Wildman–Crippen LogP) is 1.26. The average molecular weight is 319 g/mol. The summed E-state index contributed by atoms with van der Waals surface area (Å²) in [6.45, 7) is 2.53. The molecule has 23 heavy (non-hydrogen) atoms. The lowest BCUT2D eigenvalue weighted by Crippen LogP contribution is -2.46. The van der Waals surface area contributed by atoms with Crippen LogP contribution < -0.4 is 20.3 Å². The van der Waals surface area contributed by atoms with Crippen molar-refractivity contribution in [3.63, 3.8) is 0 Å². The van der Waals surface area contributed by atoms with E-state index in [1.54, 1.807) is 14.0 Å². The molecule has 0 unspecified atom stereocenters. The highest BCUT2D eigenvalue weighted by Crippen LogP contribution is 2.27. The zero-order valence-corrected chi connectivity index (χ0v) is 13.5. The number of hydrogen-bond acceptors (Lipinski definition) is 5. The number of para-hydroxylation sites is 2. The number of rotatable bonds is 6. The number of likely N-dealkylation sites (N-methyl/N-ethyl adjacent to an activating group) is 1. The Bertz CT molecular complexity index is 628. The van der Waals surface area contributed by atoms with Gasteiger partial charge in [0.05, 0.1) is 43.8 Å². The van der Waals surface area contributed by atoms with Gasteiger partial charge in [0.25, 0.3) is 0 Å². The Labute approximate surface area is 135 Å². The third-order valence-electron chi connectivity index (χ3n) is 3.47. The van der Waals surface area contributed by atoms with Crippen molar-refractivity contribution in [1.29, 1.82) is 0 Å². The van der Waals surface area contributed by atoms with Crippen LogP contribution in [0.1, 0.15) is 6.92 Å². The lowest BCUT2D eigenvalue weighted by atomic mass is 10.1. The van der Waals surface area contributed by atoms with Crippen LogP contribution in [0.25, 0.3) is 0 Å². The van der Waals surface area contributed by atoms with Crippen LogP contribution in [0.15, 0.2) is 35.5 Å². The van der Waals surface area contributed by atoms with E-state index in [-0.39, 0.29) is 19.2 Å². The monoisotopic (exact) mass is 319 g/mol. The van der Waals surface area contributed by atoms with Gasteiger partial charge in [-0.2, -0.15) is 0 Å². The fourth-order valence-corrected chi connectivity index (χ4v) is 2.35. The Kier molecular flexibility index (Phi) is 5.46. The van der Waals surface area contributed by atoms with Gasteiger partial charge in [0.15, 0.2) is 0 Å². The van der Waals surface area contributed by atoms with E-state index in [0.717, 1.165) is 5.69 Å². The van der Waals surface area contributed by atoms with Crippen LogP contribution in [0.5, 0.6) is 5.75 Å². The van der Waals surface area contributed by atoms with E-state index < -0.39 is 5.97 Å². The van der Waals surface area contributed by atoms with Crippen LogP contribution in [0.4, 0.5) is 10.5 Å². The molecular weight excluding hydrogens is 298 g/mol. The molecule has 0 saturated heterocycles. The Hall–Kier alpha value is -2.70. The van der Waals surface area contributed by atoms with Gasteiger partial charge in [0, 0.05) is 7.05 Å². The Morgan fingerprint density at radius 1 is 1.35 bits per heavy atom. The lowest BCUT2D eigenvalue weighted by Gasteiger charge is -2.27. The minimum Gasteiger partial charge on any atom is -0.495 e. The molecule has 1 aromatic rings. The third-order valence-corrected chi connectivity index (χ3v) is 3.47. The molecule has 124 valence electrons. The summed E-state index contributed by atoms with van der Waals surface area (Å²) in [6.07, 6.45) is 0. The molecule has 1 aliphatic heterocycles. The topological polar surface area (TPSA) is 79.9 Å². The summed E-state index contributed by atoms with van der Waals surface area (Å²) in [6, 6.07) is 7.21. The Balaban J connectivity index is 2.26. The molecule has 0 spiro atoms. The van der Waals surface area contributed by atoms with E-state index in [1.165, 1.54) is 0 Å². The van der Waals surface area contributed by atoms with Gasteiger partial charge in [-0.05, 0) is 19.1 Å². The minimum absolute atomic E-state index is 0.153. The molecule has 2 N–H and O–H groups in total. The number of amides is 2.